The zero-order valence-electron chi connectivity index (χ0n) is 14.7. The summed E-state index contributed by atoms with van der Waals surface area (Å²) in [7, 11) is 0. The third-order valence-corrected chi connectivity index (χ3v) is 3.94. The molecule has 0 aromatic heterocycles. The minimum Gasteiger partial charge on any atom is -0.508 e. The summed E-state index contributed by atoms with van der Waals surface area (Å²) >= 11 is 0. The lowest BCUT2D eigenvalue weighted by Crippen LogP contribution is -2.34. The van der Waals surface area contributed by atoms with E-state index in [1.54, 1.807) is 19.1 Å². The normalized spacial score (nSPS) is 11.8. The van der Waals surface area contributed by atoms with Gasteiger partial charge >= 0.3 is 5.97 Å². The number of benzene rings is 2. The molecule has 2 rings (SSSR count). The first kappa shape index (κ1) is 17.9. The Balaban J connectivity index is 2.26. The Morgan fingerprint density at radius 3 is 2.25 bits per heavy atom. The van der Waals surface area contributed by atoms with Crippen LogP contribution in [0.25, 0.3) is 0 Å². The second kappa shape index (κ2) is 7.86. The topological polar surface area (TPSA) is 58.6 Å². The van der Waals surface area contributed by atoms with Crippen molar-refractivity contribution < 1.29 is 14.6 Å². The molecule has 0 radical (unpaired) electrons. The third-order valence-electron chi connectivity index (χ3n) is 3.94. The van der Waals surface area contributed by atoms with Crippen LogP contribution >= 0.6 is 0 Å². The van der Waals surface area contributed by atoms with Gasteiger partial charge in [0.2, 0.25) is 0 Å². The number of ether oxygens (including phenoxy) is 1. The maximum absolute atomic E-state index is 12.4. The smallest absolute Gasteiger partial charge is 0.328 e. The van der Waals surface area contributed by atoms with Crippen molar-refractivity contribution in [3.05, 3.63) is 58.7 Å². The van der Waals surface area contributed by atoms with Crippen LogP contribution in [0.3, 0.4) is 0 Å². The summed E-state index contributed by atoms with van der Waals surface area (Å²) in [4.78, 5) is 12.4. The molecule has 0 unspecified atom stereocenters. The molecule has 4 heteroatoms. The number of rotatable bonds is 6. The Morgan fingerprint density at radius 2 is 1.71 bits per heavy atom. The quantitative estimate of drug-likeness (QED) is 0.790. The van der Waals surface area contributed by atoms with E-state index in [-0.39, 0.29) is 11.7 Å². The second-order valence-electron chi connectivity index (χ2n) is 6.09. The van der Waals surface area contributed by atoms with Gasteiger partial charge in [-0.05, 0) is 56.5 Å². The SMILES string of the molecule is CCOC(=O)[C@H](Cc1ccc(O)cc1)Nc1c(C)cc(C)cc1C. The molecular weight excluding hydrogens is 302 g/mol. The van der Waals surface area contributed by atoms with E-state index >= 15 is 0 Å². The van der Waals surface area contributed by atoms with Gasteiger partial charge in [0.25, 0.3) is 0 Å². The zero-order chi connectivity index (χ0) is 17.7. The van der Waals surface area contributed by atoms with Gasteiger partial charge in [-0.2, -0.15) is 0 Å². The summed E-state index contributed by atoms with van der Waals surface area (Å²) < 4.78 is 5.22. The standard InChI is InChI=1S/C20H25NO3/c1-5-24-20(23)18(12-16-6-8-17(22)9-7-16)21-19-14(3)10-13(2)11-15(19)4/h6-11,18,21-22H,5,12H2,1-4H3/t18-/m0/s1. The van der Waals surface area contributed by atoms with Crippen molar-refractivity contribution in [2.45, 2.75) is 40.2 Å². The van der Waals surface area contributed by atoms with E-state index in [0.717, 1.165) is 22.4 Å². The molecule has 0 bridgehead atoms. The molecule has 0 aliphatic carbocycles. The van der Waals surface area contributed by atoms with Gasteiger partial charge in [0.1, 0.15) is 11.8 Å². The lowest BCUT2D eigenvalue weighted by Gasteiger charge is -2.22. The van der Waals surface area contributed by atoms with Gasteiger partial charge in [0.05, 0.1) is 6.61 Å². The number of aryl methyl sites for hydroxylation is 3. The zero-order valence-corrected chi connectivity index (χ0v) is 14.7. The van der Waals surface area contributed by atoms with Gasteiger partial charge in [0.15, 0.2) is 0 Å². The van der Waals surface area contributed by atoms with Crippen LogP contribution in [0.2, 0.25) is 0 Å². The molecule has 0 fully saturated rings. The Labute approximate surface area is 143 Å². The molecule has 2 aromatic carbocycles. The molecule has 0 amide bonds. The van der Waals surface area contributed by atoms with Gasteiger partial charge in [0, 0.05) is 12.1 Å². The number of phenols is 1. The highest BCUT2D eigenvalue weighted by molar-refractivity contribution is 5.80. The maximum Gasteiger partial charge on any atom is 0.328 e. The van der Waals surface area contributed by atoms with Gasteiger partial charge in [-0.25, -0.2) is 4.79 Å². The van der Waals surface area contributed by atoms with Crippen molar-refractivity contribution >= 4 is 11.7 Å². The minimum atomic E-state index is -0.477. The van der Waals surface area contributed by atoms with Crippen LogP contribution < -0.4 is 5.32 Å². The van der Waals surface area contributed by atoms with Gasteiger partial charge in [-0.1, -0.05) is 29.8 Å². The van der Waals surface area contributed by atoms with Crippen LogP contribution in [0.1, 0.15) is 29.2 Å². The van der Waals surface area contributed by atoms with E-state index < -0.39 is 6.04 Å². The average molecular weight is 327 g/mol. The molecule has 128 valence electrons. The first-order valence-electron chi connectivity index (χ1n) is 8.19. The van der Waals surface area contributed by atoms with Crippen LogP contribution in [-0.4, -0.2) is 23.7 Å². The van der Waals surface area contributed by atoms with Crippen LogP contribution in [0, 0.1) is 20.8 Å². The molecule has 2 aromatic rings. The lowest BCUT2D eigenvalue weighted by atomic mass is 10.0. The third kappa shape index (κ3) is 4.51. The summed E-state index contributed by atoms with van der Waals surface area (Å²) in [6.07, 6.45) is 0.492. The Hall–Kier alpha value is -2.49. The van der Waals surface area contributed by atoms with Gasteiger partial charge < -0.3 is 15.2 Å². The van der Waals surface area contributed by atoms with E-state index in [0.29, 0.717) is 13.0 Å². The molecule has 1 atom stereocenters. The van der Waals surface area contributed by atoms with Crippen LogP contribution in [0.4, 0.5) is 5.69 Å². The first-order chi connectivity index (χ1) is 11.4. The molecule has 0 saturated carbocycles. The summed E-state index contributed by atoms with van der Waals surface area (Å²) in [5.74, 6) is -0.0606. The van der Waals surface area contributed by atoms with Crippen molar-refractivity contribution in [3.63, 3.8) is 0 Å². The number of hydrogen-bond donors (Lipinski definition) is 2. The summed E-state index contributed by atoms with van der Waals surface area (Å²) in [5, 5.41) is 12.8. The largest absolute Gasteiger partial charge is 0.508 e. The molecule has 0 aliphatic heterocycles. The first-order valence-corrected chi connectivity index (χ1v) is 8.19. The molecule has 0 saturated heterocycles. The number of carbonyl (C=O) groups excluding carboxylic acids is 1. The molecule has 24 heavy (non-hydrogen) atoms. The number of anilines is 1. The highest BCUT2D eigenvalue weighted by Crippen LogP contribution is 2.24. The number of aromatic hydroxyl groups is 1. The van der Waals surface area contributed by atoms with Crippen molar-refractivity contribution in [2.75, 3.05) is 11.9 Å². The van der Waals surface area contributed by atoms with E-state index in [9.17, 15) is 9.90 Å². The highest BCUT2D eigenvalue weighted by atomic mass is 16.5. The number of nitrogens with one attached hydrogen (secondary N) is 1. The van der Waals surface area contributed by atoms with E-state index in [4.69, 9.17) is 4.74 Å². The molecule has 0 heterocycles. The van der Waals surface area contributed by atoms with E-state index in [2.05, 4.69) is 24.4 Å². The van der Waals surface area contributed by atoms with Crippen molar-refractivity contribution in [1.82, 2.24) is 0 Å². The van der Waals surface area contributed by atoms with E-state index in [1.807, 2.05) is 26.0 Å². The lowest BCUT2D eigenvalue weighted by molar-refractivity contribution is -0.144. The van der Waals surface area contributed by atoms with Crippen molar-refractivity contribution in [3.8, 4) is 5.75 Å². The van der Waals surface area contributed by atoms with Gasteiger partial charge in [-0.15, -0.1) is 0 Å². The van der Waals surface area contributed by atoms with Crippen LogP contribution in [-0.2, 0) is 16.0 Å². The Morgan fingerprint density at radius 1 is 1.12 bits per heavy atom. The summed E-state index contributed by atoms with van der Waals surface area (Å²) in [6.45, 7) is 8.27. The number of hydrogen-bond acceptors (Lipinski definition) is 4. The fourth-order valence-corrected chi connectivity index (χ4v) is 2.89. The monoisotopic (exact) mass is 327 g/mol. The molecule has 4 nitrogen and oxygen atoms in total. The number of carbonyl (C=O) groups is 1. The molecule has 0 spiro atoms. The fraction of sp³-hybridized carbons (Fsp3) is 0.350. The highest BCUT2D eigenvalue weighted by Gasteiger charge is 2.21. The molecular formula is C20H25NO3. The van der Waals surface area contributed by atoms with Gasteiger partial charge in [-0.3, -0.25) is 0 Å². The van der Waals surface area contributed by atoms with Crippen molar-refractivity contribution in [2.24, 2.45) is 0 Å². The van der Waals surface area contributed by atoms with Crippen LogP contribution in [0.15, 0.2) is 36.4 Å². The Kier molecular flexibility index (Phi) is 5.85. The predicted octanol–water partition coefficient (Wildman–Crippen LogP) is 3.90. The maximum atomic E-state index is 12.4. The number of phenolic OH excluding ortho intramolecular Hbond substituents is 1. The van der Waals surface area contributed by atoms with E-state index in [1.165, 1.54) is 5.56 Å². The van der Waals surface area contributed by atoms with Crippen LogP contribution in [0.5, 0.6) is 5.75 Å². The average Bonchev–Trinajstić information content (AvgIpc) is 2.51. The minimum absolute atomic E-state index is 0.213. The summed E-state index contributed by atoms with van der Waals surface area (Å²) in [6, 6.07) is 10.6. The molecule has 2 N–H and O–H groups in total. The fourth-order valence-electron chi connectivity index (χ4n) is 2.89. The predicted molar refractivity (Wildman–Crippen MR) is 96.5 cm³/mol. The second-order valence-corrected chi connectivity index (χ2v) is 6.09. The number of esters is 1. The van der Waals surface area contributed by atoms with Crippen molar-refractivity contribution in [1.29, 1.82) is 0 Å². The Bertz CT molecular complexity index is 684. The summed E-state index contributed by atoms with van der Waals surface area (Å²) in [5.41, 5.74) is 5.33. The molecule has 0 aliphatic rings.